The Labute approximate surface area is 209 Å². The van der Waals surface area contributed by atoms with Gasteiger partial charge in [0.25, 0.3) is 5.56 Å². The molecule has 0 unspecified atom stereocenters. The van der Waals surface area contributed by atoms with Gasteiger partial charge in [0, 0.05) is 31.7 Å². The Kier molecular flexibility index (Phi) is 9.07. The number of pyridine rings is 1. The van der Waals surface area contributed by atoms with Gasteiger partial charge in [0.05, 0.1) is 29.1 Å². The van der Waals surface area contributed by atoms with Crippen molar-refractivity contribution in [3.63, 3.8) is 0 Å². The summed E-state index contributed by atoms with van der Waals surface area (Å²) in [5, 5.41) is 3.59. The van der Waals surface area contributed by atoms with Gasteiger partial charge in [-0.05, 0) is 44.1 Å². The summed E-state index contributed by atoms with van der Waals surface area (Å²) < 4.78 is 26.4. The van der Waals surface area contributed by atoms with E-state index in [-0.39, 0.29) is 36.2 Å². The number of rotatable bonds is 6. The summed E-state index contributed by atoms with van der Waals surface area (Å²) in [6, 6.07) is 6.71. The van der Waals surface area contributed by atoms with Crippen LogP contribution in [0.1, 0.15) is 18.5 Å². The topological polar surface area (TPSA) is 81.5 Å². The van der Waals surface area contributed by atoms with E-state index in [4.69, 9.17) is 9.47 Å². The molecule has 2 aromatic heterocycles. The highest BCUT2D eigenvalue weighted by atomic mass is 35.5. The lowest BCUT2D eigenvalue weighted by Gasteiger charge is -2.32. The fourth-order valence-electron chi connectivity index (χ4n) is 4.30. The third-order valence-corrected chi connectivity index (χ3v) is 6.09. The molecule has 1 saturated heterocycles. The summed E-state index contributed by atoms with van der Waals surface area (Å²) >= 11 is 0. The quantitative estimate of drug-likeness (QED) is 0.544. The molecule has 0 saturated carbocycles. The van der Waals surface area contributed by atoms with E-state index >= 15 is 0 Å². The number of benzene rings is 1. The van der Waals surface area contributed by atoms with Crippen LogP contribution in [0.15, 0.2) is 41.5 Å². The van der Waals surface area contributed by atoms with Crippen LogP contribution in [-0.2, 0) is 13.1 Å². The zero-order valence-electron chi connectivity index (χ0n) is 18.6. The molecule has 3 aromatic rings. The van der Waals surface area contributed by atoms with Gasteiger partial charge in [0.15, 0.2) is 11.5 Å². The van der Waals surface area contributed by atoms with Crippen molar-refractivity contribution in [3.05, 3.63) is 58.5 Å². The highest BCUT2D eigenvalue weighted by Crippen LogP contribution is 2.29. The molecule has 0 amide bonds. The highest BCUT2D eigenvalue weighted by Gasteiger charge is 2.20. The van der Waals surface area contributed by atoms with Crippen molar-refractivity contribution >= 4 is 35.8 Å². The highest BCUT2D eigenvalue weighted by molar-refractivity contribution is 5.85. The van der Waals surface area contributed by atoms with Crippen LogP contribution in [0.25, 0.3) is 11.0 Å². The first kappa shape index (κ1) is 26.2. The number of nitrogens with zero attached hydrogens (tertiary/aromatic N) is 4. The van der Waals surface area contributed by atoms with Crippen LogP contribution in [-0.4, -0.2) is 58.3 Å². The minimum atomic E-state index is -0.363. The smallest absolute Gasteiger partial charge is 0.269 e. The number of hydrogen-bond donors (Lipinski definition) is 1. The summed E-state index contributed by atoms with van der Waals surface area (Å²) in [5.41, 5.74) is 1.90. The van der Waals surface area contributed by atoms with Gasteiger partial charge in [-0.1, -0.05) is 0 Å². The molecule has 0 radical (unpaired) electrons. The Morgan fingerprint density at radius 1 is 1.00 bits per heavy atom. The summed E-state index contributed by atoms with van der Waals surface area (Å²) in [4.78, 5) is 23.2. The van der Waals surface area contributed by atoms with Crippen molar-refractivity contribution < 1.29 is 13.9 Å². The van der Waals surface area contributed by atoms with Crippen molar-refractivity contribution in [1.82, 2.24) is 24.8 Å². The molecule has 184 valence electrons. The van der Waals surface area contributed by atoms with E-state index in [1.54, 1.807) is 16.8 Å². The van der Waals surface area contributed by atoms with E-state index < -0.39 is 0 Å². The molecule has 8 nitrogen and oxygen atoms in total. The van der Waals surface area contributed by atoms with E-state index in [9.17, 15) is 9.18 Å². The zero-order chi connectivity index (χ0) is 21.9. The molecular formula is C23H28Cl2FN5O3. The average Bonchev–Trinajstić information content (AvgIpc) is 2.82. The lowest BCUT2D eigenvalue weighted by molar-refractivity contribution is 0.170. The number of aromatic nitrogens is 3. The minimum absolute atomic E-state index is 0. The fraction of sp³-hybridized carbons (Fsp3) is 0.435. The molecule has 1 N–H and O–H groups in total. The third kappa shape index (κ3) is 5.96. The number of hydrogen-bond acceptors (Lipinski definition) is 7. The Bertz CT molecular complexity index is 1170. The molecule has 0 aliphatic carbocycles. The van der Waals surface area contributed by atoms with Crippen molar-refractivity contribution in [2.24, 2.45) is 0 Å². The first-order chi connectivity index (χ1) is 15.7. The summed E-state index contributed by atoms with van der Waals surface area (Å²) in [6.45, 7) is 4.96. The number of ether oxygens (including phenoxy) is 2. The molecule has 34 heavy (non-hydrogen) atoms. The van der Waals surface area contributed by atoms with Crippen molar-refractivity contribution in [3.8, 4) is 11.5 Å². The van der Waals surface area contributed by atoms with Gasteiger partial charge in [0.1, 0.15) is 19.0 Å². The SMILES string of the molecule is Cl.Cl.O=c1cnc2ccc(F)cc2n1CCN1CCC(NCc2cc3c(cn2)OCCO3)CC1. The van der Waals surface area contributed by atoms with E-state index in [0.717, 1.165) is 43.9 Å². The second-order valence-electron chi connectivity index (χ2n) is 8.20. The molecule has 1 aromatic carbocycles. The summed E-state index contributed by atoms with van der Waals surface area (Å²) in [5.74, 6) is 1.10. The second-order valence-corrected chi connectivity index (χ2v) is 8.20. The number of piperidine rings is 1. The fourth-order valence-corrected chi connectivity index (χ4v) is 4.30. The summed E-state index contributed by atoms with van der Waals surface area (Å²) in [6.07, 6.45) is 5.07. The maximum Gasteiger partial charge on any atom is 0.269 e. The normalized spacial score (nSPS) is 16.0. The number of fused-ring (bicyclic) bond motifs is 2. The molecule has 11 heteroatoms. The van der Waals surface area contributed by atoms with Gasteiger partial charge >= 0.3 is 0 Å². The monoisotopic (exact) mass is 511 g/mol. The Morgan fingerprint density at radius 3 is 2.56 bits per heavy atom. The maximum absolute atomic E-state index is 13.7. The van der Waals surface area contributed by atoms with Crippen molar-refractivity contribution in [2.45, 2.75) is 32.0 Å². The second kappa shape index (κ2) is 11.8. The molecule has 0 atom stereocenters. The number of likely N-dealkylation sites (tertiary alicyclic amines) is 1. The molecule has 2 aliphatic heterocycles. The van der Waals surface area contributed by atoms with Gasteiger partial charge < -0.3 is 24.3 Å². The molecule has 1 fully saturated rings. The lowest BCUT2D eigenvalue weighted by Crippen LogP contribution is -2.43. The first-order valence-electron chi connectivity index (χ1n) is 11.0. The van der Waals surface area contributed by atoms with E-state index in [0.29, 0.717) is 49.1 Å². The van der Waals surface area contributed by atoms with Gasteiger partial charge in [-0.3, -0.25) is 9.78 Å². The minimum Gasteiger partial charge on any atom is -0.486 e. The molecule has 5 rings (SSSR count). The van der Waals surface area contributed by atoms with Crippen LogP contribution in [0.5, 0.6) is 11.5 Å². The Balaban J connectivity index is 0.00000162. The third-order valence-electron chi connectivity index (χ3n) is 6.09. The Morgan fingerprint density at radius 2 is 1.76 bits per heavy atom. The standard InChI is InChI=1S/C23H26FN5O3.2ClH/c24-16-1-2-19-20(11-16)29(23(30)15-27-19)8-7-28-5-3-17(4-6-28)25-13-18-12-21-22(14-26-18)32-10-9-31-21;;/h1-2,11-12,14-15,17,25H,3-10,13H2;2*1H. The van der Waals surface area contributed by atoms with Gasteiger partial charge in [-0.2, -0.15) is 0 Å². The van der Waals surface area contributed by atoms with E-state index in [1.807, 2.05) is 6.07 Å². The largest absolute Gasteiger partial charge is 0.486 e. The van der Waals surface area contributed by atoms with E-state index in [1.165, 1.54) is 18.3 Å². The van der Waals surface area contributed by atoms with Crippen LogP contribution >= 0.6 is 24.8 Å². The number of halogens is 3. The number of nitrogens with one attached hydrogen (secondary N) is 1. The average molecular weight is 512 g/mol. The maximum atomic E-state index is 13.7. The lowest BCUT2D eigenvalue weighted by atomic mass is 10.0. The summed E-state index contributed by atoms with van der Waals surface area (Å²) in [7, 11) is 0. The Hall–Kier alpha value is -2.46. The van der Waals surface area contributed by atoms with Crippen LogP contribution in [0, 0.1) is 5.82 Å². The van der Waals surface area contributed by atoms with Crippen molar-refractivity contribution in [2.75, 3.05) is 32.8 Å². The van der Waals surface area contributed by atoms with E-state index in [2.05, 4.69) is 20.2 Å². The van der Waals surface area contributed by atoms with Crippen LogP contribution in [0.2, 0.25) is 0 Å². The zero-order valence-corrected chi connectivity index (χ0v) is 20.2. The molecular weight excluding hydrogens is 484 g/mol. The molecule has 0 bridgehead atoms. The molecule has 2 aliphatic rings. The van der Waals surface area contributed by atoms with Gasteiger partial charge in [-0.15, -0.1) is 24.8 Å². The molecule has 0 spiro atoms. The molecule has 4 heterocycles. The predicted octanol–water partition coefficient (Wildman–Crippen LogP) is 2.80. The van der Waals surface area contributed by atoms with Crippen LogP contribution in [0.3, 0.4) is 0 Å². The van der Waals surface area contributed by atoms with Crippen LogP contribution in [0.4, 0.5) is 4.39 Å². The first-order valence-corrected chi connectivity index (χ1v) is 11.0. The predicted molar refractivity (Wildman–Crippen MR) is 132 cm³/mol. The van der Waals surface area contributed by atoms with Crippen LogP contribution < -0.4 is 20.3 Å². The van der Waals surface area contributed by atoms with Gasteiger partial charge in [0.2, 0.25) is 0 Å². The van der Waals surface area contributed by atoms with Gasteiger partial charge in [-0.25, -0.2) is 9.37 Å². The van der Waals surface area contributed by atoms with Crippen molar-refractivity contribution in [1.29, 1.82) is 0 Å².